The number of carbonyl (C=O) groups is 2. The van der Waals surface area contributed by atoms with E-state index < -0.39 is 5.91 Å². The summed E-state index contributed by atoms with van der Waals surface area (Å²) in [4.78, 5) is 25.5. The molecule has 2 amide bonds. The van der Waals surface area contributed by atoms with Crippen molar-refractivity contribution in [2.45, 2.75) is 0 Å². The number of anilines is 1. The zero-order valence-electron chi connectivity index (χ0n) is 15.7. The third-order valence-corrected chi connectivity index (χ3v) is 4.32. The lowest BCUT2D eigenvalue weighted by Crippen LogP contribution is -2.30. The molecule has 5 nitrogen and oxygen atoms in total. The summed E-state index contributed by atoms with van der Waals surface area (Å²) in [6, 6.07) is 22.6. The minimum Gasteiger partial charge on any atom is -0.495 e. The molecule has 0 radical (unpaired) electrons. The SMILES string of the molecule is COc1ccccc1NC(=O)C(=Cc1ccc(Cl)cc1)NC(=O)c1ccccc1. The van der Waals surface area contributed by atoms with Crippen molar-refractivity contribution in [1.29, 1.82) is 0 Å². The minimum absolute atomic E-state index is 0.0899. The zero-order chi connectivity index (χ0) is 20.6. The molecule has 0 unspecified atom stereocenters. The third kappa shape index (κ3) is 5.46. The predicted octanol–water partition coefficient (Wildman–Crippen LogP) is 4.76. The number of nitrogens with one attached hydrogen (secondary N) is 2. The van der Waals surface area contributed by atoms with Gasteiger partial charge in [0.25, 0.3) is 11.8 Å². The molecule has 0 fully saturated rings. The normalized spacial score (nSPS) is 10.9. The molecule has 29 heavy (non-hydrogen) atoms. The molecule has 0 atom stereocenters. The van der Waals surface area contributed by atoms with Crippen molar-refractivity contribution >= 4 is 35.2 Å². The molecule has 0 bridgehead atoms. The molecule has 0 saturated carbocycles. The Kier molecular flexibility index (Phi) is 6.66. The molecule has 0 aliphatic heterocycles. The van der Waals surface area contributed by atoms with Gasteiger partial charge < -0.3 is 15.4 Å². The van der Waals surface area contributed by atoms with Crippen molar-refractivity contribution in [3.63, 3.8) is 0 Å². The number of rotatable bonds is 6. The third-order valence-electron chi connectivity index (χ3n) is 4.06. The van der Waals surface area contributed by atoms with E-state index >= 15 is 0 Å². The fraction of sp³-hybridized carbons (Fsp3) is 0.0435. The molecule has 0 aromatic heterocycles. The van der Waals surface area contributed by atoms with Gasteiger partial charge in [-0.25, -0.2) is 0 Å². The second-order valence-corrected chi connectivity index (χ2v) is 6.52. The molecular formula is C23H19ClN2O3. The summed E-state index contributed by atoms with van der Waals surface area (Å²) in [6.45, 7) is 0. The lowest BCUT2D eigenvalue weighted by atomic mass is 10.1. The highest BCUT2D eigenvalue weighted by Gasteiger charge is 2.16. The second-order valence-electron chi connectivity index (χ2n) is 6.08. The van der Waals surface area contributed by atoms with E-state index in [2.05, 4.69) is 10.6 Å². The summed E-state index contributed by atoms with van der Waals surface area (Å²) >= 11 is 5.93. The largest absolute Gasteiger partial charge is 0.495 e. The Hall–Kier alpha value is -3.57. The van der Waals surface area contributed by atoms with Crippen molar-refractivity contribution in [3.8, 4) is 5.75 Å². The van der Waals surface area contributed by atoms with Gasteiger partial charge in [-0.05, 0) is 48.0 Å². The number of ether oxygens (including phenoxy) is 1. The molecule has 2 N–H and O–H groups in total. The van der Waals surface area contributed by atoms with E-state index in [-0.39, 0.29) is 11.6 Å². The van der Waals surface area contributed by atoms with Gasteiger partial charge in [-0.15, -0.1) is 0 Å². The molecule has 0 aliphatic carbocycles. The van der Waals surface area contributed by atoms with Gasteiger partial charge in [0.05, 0.1) is 12.8 Å². The molecule has 6 heteroatoms. The molecule has 0 spiro atoms. The van der Waals surface area contributed by atoms with E-state index in [1.165, 1.54) is 7.11 Å². The molecule has 3 aromatic carbocycles. The van der Waals surface area contributed by atoms with Crippen molar-refractivity contribution in [3.05, 3.63) is 101 Å². The summed E-state index contributed by atoms with van der Waals surface area (Å²) in [5.41, 5.74) is 1.75. The van der Waals surface area contributed by atoms with Crippen LogP contribution in [0.1, 0.15) is 15.9 Å². The topological polar surface area (TPSA) is 67.4 Å². The van der Waals surface area contributed by atoms with Gasteiger partial charge in [0.1, 0.15) is 11.4 Å². The number of para-hydroxylation sites is 2. The summed E-state index contributed by atoms with van der Waals surface area (Å²) < 4.78 is 5.27. The van der Waals surface area contributed by atoms with Crippen molar-refractivity contribution in [2.75, 3.05) is 12.4 Å². The number of halogens is 1. The molecular weight excluding hydrogens is 388 g/mol. The van der Waals surface area contributed by atoms with E-state index in [1.807, 2.05) is 6.07 Å². The average molecular weight is 407 g/mol. The smallest absolute Gasteiger partial charge is 0.272 e. The van der Waals surface area contributed by atoms with Gasteiger partial charge in [-0.2, -0.15) is 0 Å². The number of benzene rings is 3. The van der Waals surface area contributed by atoms with Crippen molar-refractivity contribution in [2.24, 2.45) is 0 Å². The number of hydrogen-bond donors (Lipinski definition) is 2. The summed E-state index contributed by atoms with van der Waals surface area (Å²) in [5, 5.41) is 6.05. The maximum Gasteiger partial charge on any atom is 0.272 e. The highest BCUT2D eigenvalue weighted by atomic mass is 35.5. The van der Waals surface area contributed by atoms with E-state index in [4.69, 9.17) is 16.3 Å². The lowest BCUT2D eigenvalue weighted by molar-refractivity contribution is -0.113. The van der Waals surface area contributed by atoms with Crippen molar-refractivity contribution in [1.82, 2.24) is 5.32 Å². The first-order valence-corrected chi connectivity index (χ1v) is 9.22. The quantitative estimate of drug-likeness (QED) is 0.580. The van der Waals surface area contributed by atoms with Gasteiger partial charge in [-0.3, -0.25) is 9.59 Å². The van der Waals surface area contributed by atoms with Gasteiger partial charge in [0, 0.05) is 10.6 Å². The van der Waals surface area contributed by atoms with Crippen molar-refractivity contribution < 1.29 is 14.3 Å². The number of amides is 2. The van der Waals surface area contributed by atoms with Gasteiger partial charge in [0.2, 0.25) is 0 Å². The standard InChI is InChI=1S/C23H19ClN2O3/c1-29-21-10-6-5-9-19(21)25-23(28)20(15-16-11-13-18(24)14-12-16)26-22(27)17-7-3-2-4-8-17/h2-15H,1H3,(H,25,28)(H,26,27). The van der Waals surface area contributed by atoms with E-state index in [0.29, 0.717) is 27.6 Å². The first-order chi connectivity index (χ1) is 14.1. The molecule has 146 valence electrons. The van der Waals surface area contributed by atoms with Crippen LogP contribution >= 0.6 is 11.6 Å². The molecule has 0 saturated heterocycles. The number of carbonyl (C=O) groups excluding carboxylic acids is 2. The van der Waals surface area contributed by atoms with Crippen LogP contribution in [0.15, 0.2) is 84.6 Å². The Morgan fingerprint density at radius 2 is 1.55 bits per heavy atom. The predicted molar refractivity (Wildman–Crippen MR) is 115 cm³/mol. The Balaban J connectivity index is 1.90. The van der Waals surface area contributed by atoms with Crippen LogP contribution in [0, 0.1) is 0 Å². The molecule has 0 aliphatic rings. The highest BCUT2D eigenvalue weighted by Crippen LogP contribution is 2.23. The second kappa shape index (κ2) is 9.57. The fourth-order valence-corrected chi connectivity index (χ4v) is 2.73. The van der Waals surface area contributed by atoms with Gasteiger partial charge in [-0.1, -0.05) is 54.1 Å². The zero-order valence-corrected chi connectivity index (χ0v) is 16.4. The van der Waals surface area contributed by atoms with Gasteiger partial charge in [0.15, 0.2) is 0 Å². The van der Waals surface area contributed by atoms with E-state index in [1.54, 1.807) is 78.9 Å². The van der Waals surface area contributed by atoms with Crippen LogP contribution < -0.4 is 15.4 Å². The first-order valence-electron chi connectivity index (χ1n) is 8.85. The van der Waals surface area contributed by atoms with Crippen LogP contribution in [0.3, 0.4) is 0 Å². The maximum atomic E-state index is 12.9. The van der Waals surface area contributed by atoms with E-state index in [9.17, 15) is 9.59 Å². The fourth-order valence-electron chi connectivity index (χ4n) is 2.61. The average Bonchev–Trinajstić information content (AvgIpc) is 2.75. The number of hydrogen-bond acceptors (Lipinski definition) is 3. The Bertz CT molecular complexity index is 1030. The minimum atomic E-state index is -0.478. The van der Waals surface area contributed by atoms with Crippen LogP contribution in [0.5, 0.6) is 5.75 Å². The maximum absolute atomic E-state index is 12.9. The van der Waals surface area contributed by atoms with Crippen LogP contribution in [0.4, 0.5) is 5.69 Å². The molecule has 0 heterocycles. The van der Waals surface area contributed by atoms with E-state index in [0.717, 1.165) is 0 Å². The Morgan fingerprint density at radius 1 is 0.897 bits per heavy atom. The van der Waals surface area contributed by atoms with Gasteiger partial charge >= 0.3 is 0 Å². The summed E-state index contributed by atoms with van der Waals surface area (Å²) in [5.74, 6) is -0.351. The summed E-state index contributed by atoms with van der Waals surface area (Å²) in [6.07, 6.45) is 1.59. The highest BCUT2D eigenvalue weighted by molar-refractivity contribution is 6.30. The summed E-state index contributed by atoms with van der Waals surface area (Å²) in [7, 11) is 1.52. The van der Waals surface area contributed by atoms with Crippen LogP contribution in [-0.2, 0) is 4.79 Å². The Morgan fingerprint density at radius 3 is 2.24 bits per heavy atom. The lowest BCUT2D eigenvalue weighted by Gasteiger charge is -2.13. The molecule has 3 rings (SSSR count). The number of methoxy groups -OCH3 is 1. The van der Waals surface area contributed by atoms with Crippen LogP contribution in [0.25, 0.3) is 6.08 Å². The van der Waals surface area contributed by atoms with Crippen LogP contribution in [0.2, 0.25) is 5.02 Å². The monoisotopic (exact) mass is 406 g/mol. The first kappa shape index (κ1) is 20.2. The Labute approximate surface area is 174 Å². The molecule has 3 aromatic rings. The van der Waals surface area contributed by atoms with Crippen LogP contribution in [-0.4, -0.2) is 18.9 Å².